The number of fused-ring (bicyclic) bond motifs is 1. The maximum atomic E-state index is 11.3. The van der Waals surface area contributed by atoms with Crippen molar-refractivity contribution in [2.45, 2.75) is 26.2 Å². The van der Waals surface area contributed by atoms with E-state index in [1.807, 2.05) is 6.20 Å². The van der Waals surface area contributed by atoms with E-state index < -0.39 is 5.97 Å². The molecule has 90 valence electrons. The fourth-order valence-electron chi connectivity index (χ4n) is 1.46. The molecule has 0 radical (unpaired) electrons. The lowest BCUT2D eigenvalue weighted by atomic mass is 9.93. The molecule has 0 saturated heterocycles. The third-order valence-corrected chi connectivity index (χ3v) is 2.48. The van der Waals surface area contributed by atoms with Crippen molar-refractivity contribution in [2.24, 2.45) is 0 Å². The number of ether oxygens (including phenoxy) is 1. The Kier molecular flexibility index (Phi) is 2.61. The molecule has 5 nitrogen and oxygen atoms in total. The van der Waals surface area contributed by atoms with Gasteiger partial charge >= 0.3 is 5.97 Å². The first-order valence-electron chi connectivity index (χ1n) is 5.37. The smallest absolute Gasteiger partial charge is 0.358 e. The number of aromatic nitrogens is 3. The lowest BCUT2D eigenvalue weighted by Gasteiger charge is -2.13. The van der Waals surface area contributed by atoms with Crippen LogP contribution in [0.1, 0.15) is 37.0 Å². The fourth-order valence-corrected chi connectivity index (χ4v) is 1.46. The van der Waals surface area contributed by atoms with Gasteiger partial charge in [-0.3, -0.25) is 0 Å². The predicted octanol–water partition coefficient (Wildman–Crippen LogP) is 1.81. The molecule has 5 heteroatoms. The summed E-state index contributed by atoms with van der Waals surface area (Å²) in [5.41, 5.74) is 1.89. The van der Waals surface area contributed by atoms with Crippen LogP contribution in [0.4, 0.5) is 0 Å². The van der Waals surface area contributed by atoms with Gasteiger partial charge in [-0.05, 0) is 12.1 Å². The first-order chi connectivity index (χ1) is 7.91. The van der Waals surface area contributed by atoms with Crippen molar-refractivity contribution in [2.75, 3.05) is 7.11 Å². The van der Waals surface area contributed by atoms with Gasteiger partial charge in [-0.2, -0.15) is 5.10 Å². The van der Waals surface area contributed by atoms with Crippen molar-refractivity contribution in [3.8, 4) is 0 Å². The van der Waals surface area contributed by atoms with E-state index in [0.717, 1.165) is 11.3 Å². The summed E-state index contributed by atoms with van der Waals surface area (Å²) < 4.78 is 6.23. The number of hydrogen-bond acceptors (Lipinski definition) is 4. The van der Waals surface area contributed by atoms with Gasteiger partial charge in [-0.1, -0.05) is 20.8 Å². The lowest BCUT2D eigenvalue weighted by molar-refractivity contribution is 0.0592. The highest BCUT2D eigenvalue weighted by Crippen LogP contribution is 2.21. The standard InChI is InChI=1S/C12H15N3O2/c1-12(2,3)9-7-15-10(13-9)6-5-8(14-15)11(16)17-4/h5-7H,1-4H3. The molecule has 0 bridgehead atoms. The third-order valence-electron chi connectivity index (χ3n) is 2.48. The van der Waals surface area contributed by atoms with Crippen LogP contribution >= 0.6 is 0 Å². The number of carbonyl (C=O) groups excluding carboxylic acids is 1. The summed E-state index contributed by atoms with van der Waals surface area (Å²) in [5, 5.41) is 4.16. The maximum absolute atomic E-state index is 11.3. The Morgan fingerprint density at radius 3 is 2.65 bits per heavy atom. The molecule has 0 fully saturated rings. The SMILES string of the molecule is COC(=O)c1ccc2nc(C(C)(C)C)cn2n1. The number of rotatable bonds is 1. The number of nitrogens with zero attached hydrogens (tertiary/aromatic N) is 3. The molecule has 0 atom stereocenters. The van der Waals surface area contributed by atoms with E-state index in [9.17, 15) is 4.79 Å². The van der Waals surface area contributed by atoms with Gasteiger partial charge in [0.2, 0.25) is 0 Å². The minimum Gasteiger partial charge on any atom is -0.464 e. The third kappa shape index (κ3) is 2.13. The highest BCUT2D eigenvalue weighted by atomic mass is 16.5. The van der Waals surface area contributed by atoms with Crippen molar-refractivity contribution < 1.29 is 9.53 Å². The van der Waals surface area contributed by atoms with E-state index in [4.69, 9.17) is 0 Å². The van der Waals surface area contributed by atoms with Crippen molar-refractivity contribution in [3.05, 3.63) is 29.7 Å². The highest BCUT2D eigenvalue weighted by Gasteiger charge is 2.18. The molecule has 2 aromatic heterocycles. The van der Waals surface area contributed by atoms with E-state index in [2.05, 4.69) is 35.6 Å². The molecule has 0 unspecified atom stereocenters. The summed E-state index contributed by atoms with van der Waals surface area (Å²) in [4.78, 5) is 15.8. The lowest BCUT2D eigenvalue weighted by Crippen LogP contribution is -2.11. The van der Waals surface area contributed by atoms with Crippen molar-refractivity contribution in [1.82, 2.24) is 14.6 Å². The van der Waals surface area contributed by atoms with Gasteiger partial charge in [-0.15, -0.1) is 0 Å². The zero-order chi connectivity index (χ0) is 12.6. The van der Waals surface area contributed by atoms with Gasteiger partial charge in [0, 0.05) is 5.41 Å². The van der Waals surface area contributed by atoms with Crippen LogP contribution in [0.25, 0.3) is 5.65 Å². The number of imidazole rings is 1. The Morgan fingerprint density at radius 1 is 1.35 bits per heavy atom. The highest BCUT2D eigenvalue weighted by molar-refractivity contribution is 5.87. The first-order valence-corrected chi connectivity index (χ1v) is 5.37. The van der Waals surface area contributed by atoms with Crippen LogP contribution < -0.4 is 0 Å². The monoisotopic (exact) mass is 233 g/mol. The molecular weight excluding hydrogens is 218 g/mol. The van der Waals surface area contributed by atoms with E-state index in [1.165, 1.54) is 7.11 Å². The Balaban J connectivity index is 2.52. The van der Waals surface area contributed by atoms with Gasteiger partial charge in [0.25, 0.3) is 0 Å². The molecule has 2 rings (SSSR count). The summed E-state index contributed by atoms with van der Waals surface area (Å²) in [6.07, 6.45) is 1.84. The minimum atomic E-state index is -0.446. The second kappa shape index (κ2) is 3.84. The average Bonchev–Trinajstić information content (AvgIpc) is 2.70. The number of carbonyl (C=O) groups is 1. The first kappa shape index (κ1) is 11.6. The van der Waals surface area contributed by atoms with Gasteiger partial charge in [-0.25, -0.2) is 14.3 Å². The van der Waals surface area contributed by atoms with Crippen LogP contribution in [-0.4, -0.2) is 27.7 Å². The summed E-state index contributed by atoms with van der Waals surface area (Å²) in [5.74, 6) is -0.446. The number of esters is 1. The predicted molar refractivity (Wildman–Crippen MR) is 63.0 cm³/mol. The minimum absolute atomic E-state index is 0.0425. The molecular formula is C12H15N3O2. The van der Waals surface area contributed by atoms with E-state index in [1.54, 1.807) is 16.6 Å². The zero-order valence-electron chi connectivity index (χ0n) is 10.4. The molecule has 2 aromatic rings. The van der Waals surface area contributed by atoms with Crippen LogP contribution in [0.5, 0.6) is 0 Å². The Hall–Kier alpha value is -1.91. The molecule has 0 amide bonds. The van der Waals surface area contributed by atoms with Crippen molar-refractivity contribution in [3.63, 3.8) is 0 Å². The van der Waals surface area contributed by atoms with Crippen LogP contribution in [0.3, 0.4) is 0 Å². The molecule has 0 aromatic carbocycles. The molecule has 2 heterocycles. The normalized spacial score (nSPS) is 11.8. The van der Waals surface area contributed by atoms with E-state index >= 15 is 0 Å². The van der Waals surface area contributed by atoms with Crippen molar-refractivity contribution >= 4 is 11.6 Å². The molecule has 0 saturated carbocycles. The fraction of sp³-hybridized carbons (Fsp3) is 0.417. The van der Waals surface area contributed by atoms with E-state index in [0.29, 0.717) is 0 Å². The molecule has 0 N–H and O–H groups in total. The molecule has 0 aliphatic rings. The van der Waals surface area contributed by atoms with Crippen LogP contribution in [0, 0.1) is 0 Å². The van der Waals surface area contributed by atoms with Gasteiger partial charge in [0.05, 0.1) is 19.0 Å². The summed E-state index contributed by atoms with van der Waals surface area (Å²) in [7, 11) is 1.34. The average molecular weight is 233 g/mol. The summed E-state index contributed by atoms with van der Waals surface area (Å²) >= 11 is 0. The number of hydrogen-bond donors (Lipinski definition) is 0. The topological polar surface area (TPSA) is 56.5 Å². The maximum Gasteiger partial charge on any atom is 0.358 e. The largest absolute Gasteiger partial charge is 0.464 e. The van der Waals surface area contributed by atoms with Crippen LogP contribution in [0.15, 0.2) is 18.3 Å². The molecule has 17 heavy (non-hydrogen) atoms. The Morgan fingerprint density at radius 2 is 2.06 bits per heavy atom. The summed E-state index contributed by atoms with van der Waals surface area (Å²) in [6.45, 7) is 6.24. The number of methoxy groups -OCH3 is 1. The van der Waals surface area contributed by atoms with Crippen LogP contribution in [0.2, 0.25) is 0 Å². The Labute approximate surface area is 99.4 Å². The second-order valence-electron chi connectivity index (χ2n) is 4.89. The van der Waals surface area contributed by atoms with Crippen molar-refractivity contribution in [1.29, 1.82) is 0 Å². The molecule has 0 aliphatic carbocycles. The van der Waals surface area contributed by atoms with Gasteiger partial charge < -0.3 is 4.74 Å². The molecule has 0 aliphatic heterocycles. The van der Waals surface area contributed by atoms with E-state index in [-0.39, 0.29) is 11.1 Å². The molecule has 0 spiro atoms. The second-order valence-corrected chi connectivity index (χ2v) is 4.89. The Bertz CT molecular complexity index is 567. The zero-order valence-corrected chi connectivity index (χ0v) is 10.4. The summed E-state index contributed by atoms with van der Waals surface area (Å²) in [6, 6.07) is 3.37. The van der Waals surface area contributed by atoms with Crippen LogP contribution in [-0.2, 0) is 10.2 Å². The van der Waals surface area contributed by atoms with Gasteiger partial charge in [0.1, 0.15) is 0 Å². The quantitative estimate of drug-likeness (QED) is 0.705. The van der Waals surface area contributed by atoms with Gasteiger partial charge in [0.15, 0.2) is 11.3 Å².